The molecular formula is C36H49NO4S. The van der Waals surface area contributed by atoms with Gasteiger partial charge in [0.15, 0.2) is 0 Å². The number of rotatable bonds is 11. The first kappa shape index (κ1) is 30.2. The zero-order chi connectivity index (χ0) is 29.4. The minimum absolute atomic E-state index is 0.141. The molecule has 228 valence electrons. The fourth-order valence-corrected chi connectivity index (χ4v) is 9.62. The molecule has 0 radical (unpaired) electrons. The lowest BCUT2D eigenvalue weighted by Crippen LogP contribution is -2.57. The Labute approximate surface area is 255 Å². The Morgan fingerprint density at radius 2 is 1.81 bits per heavy atom. The molecular weight excluding hydrogens is 542 g/mol. The molecule has 6 heteroatoms. The maximum absolute atomic E-state index is 12.5. The molecule has 42 heavy (non-hydrogen) atoms. The van der Waals surface area contributed by atoms with Crippen molar-refractivity contribution in [3.8, 4) is 0 Å². The lowest BCUT2D eigenvalue weighted by atomic mass is 9.50. The number of aliphatic hydroxyl groups is 3. The third-order valence-electron chi connectivity index (χ3n) is 11.5. The molecule has 6 rings (SSSR count). The van der Waals surface area contributed by atoms with Crippen LogP contribution in [-0.4, -0.2) is 64.3 Å². The van der Waals surface area contributed by atoms with Crippen molar-refractivity contribution in [2.24, 2.45) is 22.7 Å². The van der Waals surface area contributed by atoms with E-state index in [1.807, 2.05) is 30.3 Å². The van der Waals surface area contributed by atoms with Crippen LogP contribution in [-0.2, 0) is 17.8 Å². The highest BCUT2D eigenvalue weighted by Crippen LogP contribution is 2.66. The standard InChI is InChI=1S/C36H49NO4S/c1-34-16-12-28(38)21-27(34)10-11-31-32(34)13-17-35(2)33(31)14-18-36(35,40)25-37(19-15-30-9-6-20-42-30)22-29(39)24-41-23-26-7-4-3-5-8-26/h3-11,20,28-29,32-33,38-40H,12-19,21-25H2,1-2H3. The predicted molar refractivity (Wildman–Crippen MR) is 169 cm³/mol. The summed E-state index contributed by atoms with van der Waals surface area (Å²) >= 11 is 1.77. The molecule has 5 nitrogen and oxygen atoms in total. The van der Waals surface area contributed by atoms with Crippen LogP contribution >= 0.6 is 11.3 Å². The molecule has 1 aromatic carbocycles. The van der Waals surface area contributed by atoms with Crippen molar-refractivity contribution in [1.82, 2.24) is 4.90 Å². The van der Waals surface area contributed by atoms with E-state index in [1.165, 1.54) is 10.5 Å². The van der Waals surface area contributed by atoms with Gasteiger partial charge in [0.1, 0.15) is 0 Å². The van der Waals surface area contributed by atoms with E-state index in [1.54, 1.807) is 16.9 Å². The average Bonchev–Trinajstić information content (AvgIpc) is 3.59. The molecule has 4 aliphatic rings. The Balaban J connectivity index is 1.16. The largest absolute Gasteiger partial charge is 0.393 e. The number of aliphatic hydroxyl groups excluding tert-OH is 2. The molecule has 4 aliphatic carbocycles. The highest BCUT2D eigenvalue weighted by molar-refractivity contribution is 7.09. The van der Waals surface area contributed by atoms with Gasteiger partial charge in [-0.3, -0.25) is 4.90 Å². The summed E-state index contributed by atoms with van der Waals surface area (Å²) in [5.41, 5.74) is 3.21. The summed E-state index contributed by atoms with van der Waals surface area (Å²) < 4.78 is 5.89. The minimum Gasteiger partial charge on any atom is -0.393 e. The zero-order valence-electron chi connectivity index (χ0n) is 25.4. The fraction of sp³-hybridized carbons (Fsp3) is 0.611. The Morgan fingerprint density at radius 3 is 2.60 bits per heavy atom. The van der Waals surface area contributed by atoms with Gasteiger partial charge in [-0.15, -0.1) is 11.3 Å². The van der Waals surface area contributed by atoms with E-state index in [9.17, 15) is 15.3 Å². The third-order valence-corrected chi connectivity index (χ3v) is 12.4. The maximum Gasteiger partial charge on any atom is 0.0900 e. The van der Waals surface area contributed by atoms with Crippen LogP contribution in [0.4, 0.5) is 0 Å². The summed E-state index contributed by atoms with van der Waals surface area (Å²) in [5.74, 6) is 0.893. The molecule has 7 atom stereocenters. The SMILES string of the molecule is CC12CCC(O)CC1=CC=C1C2CCC2(C)C1CCC2(O)CN(CCc1cccs1)CC(O)COCc1ccccc1. The molecule has 1 heterocycles. The molecule has 0 saturated heterocycles. The monoisotopic (exact) mass is 591 g/mol. The van der Waals surface area contributed by atoms with Crippen LogP contribution in [0.1, 0.15) is 69.2 Å². The van der Waals surface area contributed by atoms with Gasteiger partial charge in [-0.25, -0.2) is 0 Å². The van der Waals surface area contributed by atoms with Crippen molar-refractivity contribution in [2.75, 3.05) is 26.2 Å². The van der Waals surface area contributed by atoms with Crippen molar-refractivity contribution in [3.63, 3.8) is 0 Å². The van der Waals surface area contributed by atoms with Gasteiger partial charge in [0.05, 0.1) is 31.0 Å². The van der Waals surface area contributed by atoms with Crippen LogP contribution in [0.5, 0.6) is 0 Å². The molecule has 7 unspecified atom stereocenters. The molecule has 2 aromatic rings. The van der Waals surface area contributed by atoms with Gasteiger partial charge in [-0.05, 0) is 85.6 Å². The van der Waals surface area contributed by atoms with E-state index in [0.29, 0.717) is 31.5 Å². The van der Waals surface area contributed by atoms with Crippen LogP contribution in [0.3, 0.4) is 0 Å². The van der Waals surface area contributed by atoms with Crippen molar-refractivity contribution < 1.29 is 20.1 Å². The number of thiophene rings is 1. The lowest BCUT2D eigenvalue weighted by molar-refractivity contribution is -0.107. The fourth-order valence-electron chi connectivity index (χ4n) is 8.92. The molecule has 1 aromatic heterocycles. The molecule has 3 saturated carbocycles. The summed E-state index contributed by atoms with van der Waals surface area (Å²) in [7, 11) is 0. The van der Waals surface area contributed by atoms with Crippen molar-refractivity contribution in [3.05, 3.63) is 81.6 Å². The number of allylic oxidation sites excluding steroid dienone is 3. The normalized spacial score (nSPS) is 34.8. The van der Waals surface area contributed by atoms with Gasteiger partial charge < -0.3 is 20.1 Å². The van der Waals surface area contributed by atoms with E-state index < -0.39 is 11.7 Å². The summed E-state index contributed by atoms with van der Waals surface area (Å²) in [6, 6.07) is 14.3. The number of hydrogen-bond acceptors (Lipinski definition) is 6. The Morgan fingerprint density at radius 1 is 1.00 bits per heavy atom. The molecule has 3 N–H and O–H groups in total. The van der Waals surface area contributed by atoms with Crippen LogP contribution in [0, 0.1) is 22.7 Å². The van der Waals surface area contributed by atoms with Gasteiger partial charge in [0.25, 0.3) is 0 Å². The highest BCUT2D eigenvalue weighted by atomic mass is 32.1. The van der Waals surface area contributed by atoms with E-state index in [2.05, 4.69) is 48.4 Å². The first-order valence-corrected chi connectivity index (χ1v) is 16.9. The van der Waals surface area contributed by atoms with Gasteiger partial charge >= 0.3 is 0 Å². The summed E-state index contributed by atoms with van der Waals surface area (Å²) in [6.45, 7) is 7.40. The van der Waals surface area contributed by atoms with Gasteiger partial charge in [0.2, 0.25) is 0 Å². The smallest absolute Gasteiger partial charge is 0.0900 e. The summed E-state index contributed by atoms with van der Waals surface area (Å²) in [6.07, 6.45) is 11.4. The summed E-state index contributed by atoms with van der Waals surface area (Å²) in [4.78, 5) is 3.63. The van der Waals surface area contributed by atoms with Gasteiger partial charge in [0, 0.05) is 29.9 Å². The molecule has 0 bridgehead atoms. The molecule has 3 fully saturated rings. The second-order valence-electron chi connectivity index (χ2n) is 14.0. The molecule has 0 amide bonds. The van der Waals surface area contributed by atoms with E-state index in [-0.39, 0.29) is 23.5 Å². The van der Waals surface area contributed by atoms with Crippen LogP contribution < -0.4 is 0 Å². The second-order valence-corrected chi connectivity index (χ2v) is 15.1. The van der Waals surface area contributed by atoms with Crippen molar-refractivity contribution >= 4 is 11.3 Å². The number of benzene rings is 1. The second kappa shape index (κ2) is 12.3. The highest BCUT2D eigenvalue weighted by Gasteiger charge is 2.62. The Bertz CT molecular complexity index is 1260. The topological polar surface area (TPSA) is 73.2 Å². The van der Waals surface area contributed by atoms with E-state index in [0.717, 1.165) is 63.5 Å². The average molecular weight is 592 g/mol. The zero-order valence-corrected chi connectivity index (χ0v) is 26.2. The first-order valence-electron chi connectivity index (χ1n) is 16.1. The number of fused-ring (bicyclic) bond motifs is 5. The maximum atomic E-state index is 12.5. The first-order chi connectivity index (χ1) is 20.2. The van der Waals surface area contributed by atoms with Crippen molar-refractivity contribution in [1.29, 1.82) is 0 Å². The predicted octanol–water partition coefficient (Wildman–Crippen LogP) is 6.15. The van der Waals surface area contributed by atoms with Crippen LogP contribution in [0.25, 0.3) is 0 Å². The Kier molecular flexibility index (Phi) is 8.85. The quantitative estimate of drug-likeness (QED) is 0.293. The molecule has 0 spiro atoms. The third kappa shape index (κ3) is 5.83. The van der Waals surface area contributed by atoms with Gasteiger partial charge in [-0.1, -0.05) is 73.5 Å². The lowest BCUT2D eigenvalue weighted by Gasteiger charge is -2.56. The number of hydrogen-bond donors (Lipinski definition) is 3. The van der Waals surface area contributed by atoms with Crippen molar-refractivity contribution in [2.45, 2.75) is 89.6 Å². The van der Waals surface area contributed by atoms with Crippen LogP contribution in [0.15, 0.2) is 71.1 Å². The van der Waals surface area contributed by atoms with E-state index >= 15 is 0 Å². The number of ether oxygens (including phenoxy) is 1. The van der Waals surface area contributed by atoms with Crippen LogP contribution in [0.2, 0.25) is 0 Å². The number of nitrogens with zero attached hydrogens (tertiary/aromatic N) is 1. The Hall–Kier alpha value is -1.80. The minimum atomic E-state index is -0.808. The van der Waals surface area contributed by atoms with E-state index in [4.69, 9.17) is 4.74 Å². The molecule has 0 aliphatic heterocycles. The van der Waals surface area contributed by atoms with Gasteiger partial charge in [-0.2, -0.15) is 0 Å². The summed E-state index contributed by atoms with van der Waals surface area (Å²) in [5, 5.41) is 36.0.